The first kappa shape index (κ1) is 16.5. The van der Waals surface area contributed by atoms with Crippen molar-refractivity contribution in [3.63, 3.8) is 0 Å². The van der Waals surface area contributed by atoms with E-state index in [0.29, 0.717) is 13.0 Å². The summed E-state index contributed by atoms with van der Waals surface area (Å²) in [6.07, 6.45) is 6.08. The summed E-state index contributed by atoms with van der Waals surface area (Å²) < 4.78 is 16.8. The van der Waals surface area contributed by atoms with Crippen LogP contribution in [0.2, 0.25) is 0 Å². The van der Waals surface area contributed by atoms with Crippen molar-refractivity contribution in [2.24, 2.45) is 22.7 Å². The quantitative estimate of drug-likeness (QED) is 0.643. The fourth-order valence-corrected chi connectivity index (χ4v) is 6.34. The third kappa shape index (κ3) is 1.75. The lowest BCUT2D eigenvalue weighted by molar-refractivity contribution is -0.184. The molecule has 0 bridgehead atoms. The molecule has 6 atom stereocenters. The average Bonchev–Trinajstić information content (AvgIpc) is 3.07. The van der Waals surface area contributed by atoms with Crippen LogP contribution in [0.25, 0.3) is 0 Å². The van der Waals surface area contributed by atoms with Crippen molar-refractivity contribution in [2.45, 2.75) is 50.7 Å². The Bertz CT molecular complexity index is 750. The predicted molar refractivity (Wildman–Crippen MR) is 88.9 cm³/mol. The summed E-state index contributed by atoms with van der Waals surface area (Å²) in [5.41, 5.74) is -1.45. The monoisotopic (exact) mass is 360 g/mol. The molecule has 1 N–H and O–H groups in total. The summed E-state index contributed by atoms with van der Waals surface area (Å²) in [6, 6.07) is 1.82. The number of Topliss-reactive ketones (excluding diaryl/α,β-unsaturated/α-hetero) is 1. The van der Waals surface area contributed by atoms with Crippen LogP contribution in [0, 0.1) is 22.7 Å². The SMILES string of the molecule is C[C@@H]1CC(=O)[C@]2(CO)[C@H](CCC[C@]23CO3)[C@@]12C[C@@H](c1ccoc1)OC2=O. The average molecular weight is 360 g/mol. The van der Waals surface area contributed by atoms with E-state index >= 15 is 0 Å². The Balaban J connectivity index is 1.62. The topological polar surface area (TPSA) is 89.3 Å². The second-order valence-corrected chi connectivity index (χ2v) is 8.58. The molecule has 0 amide bonds. The lowest BCUT2D eigenvalue weighted by atomic mass is 9.43. The van der Waals surface area contributed by atoms with E-state index in [1.165, 1.54) is 0 Å². The molecule has 4 aliphatic rings. The van der Waals surface area contributed by atoms with E-state index in [-0.39, 0.29) is 42.7 Å². The number of ether oxygens (including phenoxy) is 2. The Morgan fingerprint density at radius 1 is 1.35 bits per heavy atom. The van der Waals surface area contributed by atoms with Gasteiger partial charge in [0.05, 0.1) is 36.6 Å². The molecule has 2 spiro atoms. The lowest BCUT2D eigenvalue weighted by Crippen LogP contribution is -2.66. The fraction of sp³-hybridized carbons (Fsp3) is 0.700. The standard InChI is InChI=1S/C20H24O6/c1-12-7-16(22)20(10-21)15(3-2-5-18(20)11-25-18)19(12)8-14(26-17(19)23)13-4-6-24-9-13/h4,6,9,12,14-15,21H,2-3,5,7-8,10-11H2,1H3/t12-,14+,15-,18+,19-,20+/m1/s1. The van der Waals surface area contributed by atoms with Crippen molar-refractivity contribution in [3.8, 4) is 0 Å². The van der Waals surface area contributed by atoms with Crippen molar-refractivity contribution < 1.29 is 28.6 Å². The van der Waals surface area contributed by atoms with Gasteiger partial charge in [0, 0.05) is 18.4 Å². The van der Waals surface area contributed by atoms with E-state index in [0.717, 1.165) is 24.8 Å². The van der Waals surface area contributed by atoms with Crippen molar-refractivity contribution in [3.05, 3.63) is 24.2 Å². The molecule has 6 heteroatoms. The summed E-state index contributed by atoms with van der Waals surface area (Å²) in [7, 11) is 0. The molecule has 2 aliphatic carbocycles. The normalized spacial score (nSPS) is 47.2. The first-order chi connectivity index (χ1) is 12.5. The minimum atomic E-state index is -0.970. The zero-order chi connectivity index (χ0) is 18.2. The maximum atomic E-state index is 13.2. The van der Waals surface area contributed by atoms with Crippen LogP contribution in [0.4, 0.5) is 0 Å². The number of aliphatic hydroxyl groups is 1. The summed E-state index contributed by atoms with van der Waals surface area (Å²) in [5, 5.41) is 10.4. The molecule has 0 aromatic carbocycles. The third-order valence-corrected chi connectivity index (χ3v) is 7.78. The van der Waals surface area contributed by atoms with Gasteiger partial charge in [-0.05, 0) is 30.7 Å². The number of hydrogen-bond acceptors (Lipinski definition) is 6. The maximum Gasteiger partial charge on any atom is 0.313 e. The summed E-state index contributed by atoms with van der Waals surface area (Å²) in [4.78, 5) is 26.4. The first-order valence-electron chi connectivity index (χ1n) is 9.51. The Morgan fingerprint density at radius 2 is 2.15 bits per heavy atom. The zero-order valence-corrected chi connectivity index (χ0v) is 14.9. The van der Waals surface area contributed by atoms with Crippen LogP contribution in [0.15, 0.2) is 23.0 Å². The van der Waals surface area contributed by atoms with Crippen molar-refractivity contribution >= 4 is 11.8 Å². The number of furan rings is 1. The zero-order valence-electron chi connectivity index (χ0n) is 14.9. The van der Waals surface area contributed by atoms with Gasteiger partial charge in [-0.1, -0.05) is 13.3 Å². The van der Waals surface area contributed by atoms with Crippen molar-refractivity contribution in [1.82, 2.24) is 0 Å². The van der Waals surface area contributed by atoms with E-state index in [9.17, 15) is 14.7 Å². The number of fused-ring (bicyclic) bond motifs is 3. The van der Waals surface area contributed by atoms with Gasteiger partial charge < -0.3 is 19.0 Å². The van der Waals surface area contributed by atoms with Crippen molar-refractivity contribution in [2.75, 3.05) is 13.2 Å². The Kier molecular flexibility index (Phi) is 3.30. The molecule has 2 aliphatic heterocycles. The summed E-state index contributed by atoms with van der Waals surface area (Å²) in [6.45, 7) is 2.22. The van der Waals surface area contributed by atoms with Gasteiger partial charge in [-0.3, -0.25) is 9.59 Å². The second-order valence-electron chi connectivity index (χ2n) is 8.58. The van der Waals surface area contributed by atoms with Crippen LogP contribution >= 0.6 is 0 Å². The first-order valence-corrected chi connectivity index (χ1v) is 9.51. The van der Waals surface area contributed by atoms with Crippen molar-refractivity contribution in [1.29, 1.82) is 0 Å². The van der Waals surface area contributed by atoms with Gasteiger partial charge in [0.2, 0.25) is 0 Å². The number of cyclic esters (lactones) is 1. The fourth-order valence-electron chi connectivity index (χ4n) is 6.34. The van der Waals surface area contributed by atoms with Crippen LogP contribution in [0.5, 0.6) is 0 Å². The molecule has 2 saturated heterocycles. The number of epoxide rings is 1. The highest BCUT2D eigenvalue weighted by atomic mass is 16.6. The van der Waals surface area contributed by atoms with E-state index in [4.69, 9.17) is 13.9 Å². The predicted octanol–water partition coefficient (Wildman–Crippen LogP) is 2.41. The van der Waals surface area contributed by atoms with Crippen LogP contribution in [0.3, 0.4) is 0 Å². The molecule has 140 valence electrons. The largest absolute Gasteiger partial charge is 0.472 e. The molecule has 0 radical (unpaired) electrons. The number of carbonyl (C=O) groups excluding carboxylic acids is 2. The van der Waals surface area contributed by atoms with Gasteiger partial charge in [0.1, 0.15) is 17.5 Å². The molecule has 1 aromatic rings. The smallest absolute Gasteiger partial charge is 0.313 e. The van der Waals surface area contributed by atoms with Crippen LogP contribution in [-0.4, -0.2) is 35.7 Å². The minimum Gasteiger partial charge on any atom is -0.472 e. The molecule has 26 heavy (non-hydrogen) atoms. The van der Waals surface area contributed by atoms with E-state index < -0.39 is 16.4 Å². The van der Waals surface area contributed by atoms with E-state index in [2.05, 4.69) is 0 Å². The molecule has 6 nitrogen and oxygen atoms in total. The molecule has 5 rings (SSSR count). The van der Waals surface area contributed by atoms with Gasteiger partial charge in [0.25, 0.3) is 0 Å². The highest BCUT2D eigenvalue weighted by Crippen LogP contribution is 2.69. The Labute approximate surface area is 151 Å². The lowest BCUT2D eigenvalue weighted by Gasteiger charge is -2.57. The van der Waals surface area contributed by atoms with Gasteiger partial charge in [-0.25, -0.2) is 0 Å². The number of hydrogen-bond donors (Lipinski definition) is 1. The van der Waals surface area contributed by atoms with Crippen LogP contribution in [-0.2, 0) is 19.1 Å². The van der Waals surface area contributed by atoms with E-state index in [1.54, 1.807) is 12.5 Å². The van der Waals surface area contributed by atoms with Gasteiger partial charge in [-0.15, -0.1) is 0 Å². The molecule has 3 heterocycles. The molecule has 1 aromatic heterocycles. The molecule has 4 fully saturated rings. The number of aliphatic hydroxyl groups excluding tert-OH is 1. The summed E-state index contributed by atoms with van der Waals surface area (Å²) in [5.74, 6) is -0.529. The van der Waals surface area contributed by atoms with Crippen LogP contribution < -0.4 is 0 Å². The second kappa shape index (κ2) is 5.20. The third-order valence-electron chi connectivity index (χ3n) is 7.78. The number of carbonyl (C=O) groups is 2. The van der Waals surface area contributed by atoms with E-state index in [1.807, 2.05) is 13.0 Å². The molecule has 0 unspecified atom stereocenters. The number of esters is 1. The Hall–Kier alpha value is -1.66. The van der Waals surface area contributed by atoms with Crippen LogP contribution in [0.1, 0.15) is 50.7 Å². The number of ketones is 1. The highest BCUT2D eigenvalue weighted by Gasteiger charge is 2.77. The Morgan fingerprint density at radius 3 is 2.81 bits per heavy atom. The van der Waals surface area contributed by atoms with Gasteiger partial charge in [-0.2, -0.15) is 0 Å². The molecular formula is C20H24O6. The highest BCUT2D eigenvalue weighted by molar-refractivity contribution is 5.93. The molecular weight excluding hydrogens is 336 g/mol. The molecule has 2 saturated carbocycles. The maximum absolute atomic E-state index is 13.2. The minimum absolute atomic E-state index is 0.0555. The van der Waals surface area contributed by atoms with Gasteiger partial charge in [0.15, 0.2) is 0 Å². The summed E-state index contributed by atoms with van der Waals surface area (Å²) >= 11 is 0. The number of rotatable bonds is 2. The van der Waals surface area contributed by atoms with Gasteiger partial charge >= 0.3 is 5.97 Å².